The van der Waals surface area contributed by atoms with Crippen molar-refractivity contribution in [3.63, 3.8) is 0 Å². The predicted octanol–water partition coefficient (Wildman–Crippen LogP) is 3.56. The van der Waals surface area contributed by atoms with Gasteiger partial charge in [0.25, 0.3) is 5.91 Å². The van der Waals surface area contributed by atoms with Crippen LogP contribution < -0.4 is 0 Å². The van der Waals surface area contributed by atoms with Gasteiger partial charge in [0.05, 0.1) is 0 Å². The number of likely N-dealkylation sites (N-methyl/N-ethyl adjacent to an activating group) is 1. The second-order valence-corrected chi connectivity index (χ2v) is 8.15. The lowest BCUT2D eigenvalue weighted by atomic mass is 9.98. The fourth-order valence-electron chi connectivity index (χ4n) is 3.08. The molecule has 0 saturated carbocycles. The van der Waals surface area contributed by atoms with Crippen LogP contribution >= 0.6 is 11.8 Å². The van der Waals surface area contributed by atoms with Crippen LogP contribution in [0.15, 0.2) is 10.5 Å². The van der Waals surface area contributed by atoms with Crippen LogP contribution in [0.25, 0.3) is 0 Å². The van der Waals surface area contributed by atoms with Gasteiger partial charge < -0.3 is 14.2 Å². The molecule has 1 fully saturated rings. The van der Waals surface area contributed by atoms with Crippen LogP contribution in [0, 0.1) is 12.8 Å². The Morgan fingerprint density at radius 2 is 2.12 bits per heavy atom. The number of nitrogens with zero attached hydrogens (tertiary/aromatic N) is 2. The molecule has 0 aromatic carbocycles. The molecule has 2 heterocycles. The molecule has 25 heavy (non-hydrogen) atoms. The normalized spacial score (nSPS) is 18.3. The zero-order valence-corrected chi connectivity index (χ0v) is 16.8. The topological polar surface area (TPSA) is 53.8 Å². The standard InChI is InChI=1S/C19H30N2O3S/c1-6-7-10-25-12-15-11-16(24-14(15)4)18(22)21-9-8-20(5)19(23)17(21)13(2)3/h11,13,17H,6-10,12H2,1-5H3. The average Bonchev–Trinajstić information content (AvgIpc) is 2.94. The van der Waals surface area contributed by atoms with E-state index in [1.54, 1.807) is 16.8 Å². The van der Waals surface area contributed by atoms with Crippen LogP contribution in [0.1, 0.15) is 55.5 Å². The zero-order chi connectivity index (χ0) is 18.6. The number of hydrogen-bond donors (Lipinski definition) is 0. The minimum atomic E-state index is -0.418. The van der Waals surface area contributed by atoms with Crippen molar-refractivity contribution in [3.05, 3.63) is 23.2 Å². The van der Waals surface area contributed by atoms with E-state index in [2.05, 4.69) is 6.92 Å². The number of carbonyl (C=O) groups is 2. The number of unbranched alkanes of at least 4 members (excludes halogenated alkanes) is 1. The highest BCUT2D eigenvalue weighted by Crippen LogP contribution is 2.25. The fourth-order valence-corrected chi connectivity index (χ4v) is 4.22. The lowest BCUT2D eigenvalue weighted by Gasteiger charge is -2.40. The Morgan fingerprint density at radius 1 is 1.40 bits per heavy atom. The van der Waals surface area contributed by atoms with Crippen LogP contribution in [-0.4, -0.2) is 53.5 Å². The molecule has 5 nitrogen and oxygen atoms in total. The monoisotopic (exact) mass is 366 g/mol. The number of rotatable bonds is 7. The highest BCUT2D eigenvalue weighted by molar-refractivity contribution is 7.98. The number of hydrogen-bond acceptors (Lipinski definition) is 4. The van der Waals surface area contributed by atoms with E-state index in [0.717, 1.165) is 22.8 Å². The maximum absolute atomic E-state index is 13.0. The highest BCUT2D eigenvalue weighted by atomic mass is 32.2. The maximum Gasteiger partial charge on any atom is 0.290 e. The lowest BCUT2D eigenvalue weighted by molar-refractivity contribution is -0.140. The zero-order valence-electron chi connectivity index (χ0n) is 16.0. The van der Waals surface area contributed by atoms with Crippen molar-refractivity contribution in [2.75, 3.05) is 25.9 Å². The molecule has 2 rings (SSSR count). The summed E-state index contributed by atoms with van der Waals surface area (Å²) >= 11 is 1.87. The van der Waals surface area contributed by atoms with Gasteiger partial charge in [-0.3, -0.25) is 9.59 Å². The molecule has 6 heteroatoms. The average molecular weight is 367 g/mol. The van der Waals surface area contributed by atoms with E-state index < -0.39 is 6.04 Å². The third kappa shape index (κ3) is 4.60. The van der Waals surface area contributed by atoms with E-state index in [4.69, 9.17) is 4.42 Å². The summed E-state index contributed by atoms with van der Waals surface area (Å²) < 4.78 is 5.75. The summed E-state index contributed by atoms with van der Waals surface area (Å²) in [6.45, 7) is 9.15. The summed E-state index contributed by atoms with van der Waals surface area (Å²) in [6.07, 6.45) is 2.39. The summed E-state index contributed by atoms with van der Waals surface area (Å²) in [5.74, 6) is 3.03. The van der Waals surface area contributed by atoms with E-state index in [-0.39, 0.29) is 17.7 Å². The third-order valence-corrected chi connectivity index (χ3v) is 5.76. The molecule has 0 spiro atoms. The van der Waals surface area contributed by atoms with Crippen LogP contribution in [0.4, 0.5) is 0 Å². The number of amides is 2. The van der Waals surface area contributed by atoms with Crippen molar-refractivity contribution in [3.8, 4) is 0 Å². The second-order valence-electron chi connectivity index (χ2n) is 7.05. The molecule has 1 saturated heterocycles. The second kappa shape index (κ2) is 8.79. The van der Waals surface area contributed by atoms with Gasteiger partial charge in [-0.25, -0.2) is 0 Å². The number of furan rings is 1. The summed E-state index contributed by atoms with van der Waals surface area (Å²) in [5, 5.41) is 0. The predicted molar refractivity (Wildman–Crippen MR) is 102 cm³/mol. The van der Waals surface area contributed by atoms with Gasteiger partial charge in [0.15, 0.2) is 5.76 Å². The largest absolute Gasteiger partial charge is 0.456 e. The quantitative estimate of drug-likeness (QED) is 0.693. The molecular weight excluding hydrogens is 336 g/mol. The van der Waals surface area contributed by atoms with Crippen molar-refractivity contribution in [2.24, 2.45) is 5.92 Å². The van der Waals surface area contributed by atoms with Gasteiger partial charge in [0.2, 0.25) is 5.91 Å². The fraction of sp³-hybridized carbons (Fsp3) is 0.684. The smallest absolute Gasteiger partial charge is 0.290 e. The van der Waals surface area contributed by atoms with Crippen LogP contribution in [-0.2, 0) is 10.5 Å². The summed E-state index contributed by atoms with van der Waals surface area (Å²) in [7, 11) is 1.79. The molecule has 1 aromatic heterocycles. The van der Waals surface area contributed by atoms with Crippen molar-refractivity contribution in [1.29, 1.82) is 0 Å². The highest BCUT2D eigenvalue weighted by Gasteiger charge is 2.39. The van der Waals surface area contributed by atoms with Gasteiger partial charge in [-0.1, -0.05) is 27.2 Å². The Labute approximate surface area is 155 Å². The van der Waals surface area contributed by atoms with Gasteiger partial charge in [-0.2, -0.15) is 11.8 Å². The van der Waals surface area contributed by atoms with Gasteiger partial charge in [0, 0.05) is 31.5 Å². The lowest BCUT2D eigenvalue weighted by Crippen LogP contribution is -2.59. The van der Waals surface area contributed by atoms with Crippen molar-refractivity contribution in [1.82, 2.24) is 9.80 Å². The van der Waals surface area contributed by atoms with Gasteiger partial charge >= 0.3 is 0 Å². The molecule has 0 N–H and O–H groups in total. The van der Waals surface area contributed by atoms with Crippen LogP contribution in [0.3, 0.4) is 0 Å². The van der Waals surface area contributed by atoms with E-state index in [1.165, 1.54) is 12.8 Å². The van der Waals surface area contributed by atoms with Crippen LogP contribution in [0.2, 0.25) is 0 Å². The van der Waals surface area contributed by atoms with E-state index in [9.17, 15) is 9.59 Å². The molecule has 1 aromatic rings. The molecule has 0 radical (unpaired) electrons. The minimum Gasteiger partial charge on any atom is -0.456 e. The molecular formula is C19H30N2O3S. The Hall–Kier alpha value is -1.43. The van der Waals surface area contributed by atoms with E-state index >= 15 is 0 Å². The number of aryl methyl sites for hydroxylation is 1. The molecule has 0 aliphatic carbocycles. The van der Waals surface area contributed by atoms with Crippen molar-refractivity contribution in [2.45, 2.75) is 52.3 Å². The first-order valence-electron chi connectivity index (χ1n) is 9.09. The Morgan fingerprint density at radius 3 is 2.76 bits per heavy atom. The summed E-state index contributed by atoms with van der Waals surface area (Å²) in [6, 6.07) is 1.44. The number of thioether (sulfide) groups is 1. The maximum atomic E-state index is 13.0. The van der Waals surface area contributed by atoms with E-state index in [0.29, 0.717) is 18.8 Å². The number of piperazine rings is 1. The summed E-state index contributed by atoms with van der Waals surface area (Å²) in [5.41, 5.74) is 1.08. The molecule has 0 bridgehead atoms. The van der Waals surface area contributed by atoms with Crippen LogP contribution in [0.5, 0.6) is 0 Å². The van der Waals surface area contributed by atoms with Crippen molar-refractivity contribution >= 4 is 23.6 Å². The first kappa shape index (κ1) is 19.9. The Bertz CT molecular complexity index is 612. The minimum absolute atomic E-state index is 0.00761. The molecule has 2 amide bonds. The Balaban J connectivity index is 2.12. The third-order valence-electron chi connectivity index (χ3n) is 4.66. The van der Waals surface area contributed by atoms with Gasteiger partial charge in [0.1, 0.15) is 11.8 Å². The molecule has 140 valence electrons. The molecule has 1 aliphatic rings. The van der Waals surface area contributed by atoms with Gasteiger partial charge in [-0.15, -0.1) is 0 Å². The molecule has 1 unspecified atom stereocenters. The SMILES string of the molecule is CCCCSCc1cc(C(=O)N2CCN(C)C(=O)C2C(C)C)oc1C. The molecule has 1 atom stereocenters. The Kier molecular flexibility index (Phi) is 6.99. The van der Waals surface area contributed by atoms with E-state index in [1.807, 2.05) is 38.6 Å². The first-order valence-corrected chi connectivity index (χ1v) is 10.2. The number of carbonyl (C=O) groups excluding carboxylic acids is 2. The van der Waals surface area contributed by atoms with Crippen molar-refractivity contribution < 1.29 is 14.0 Å². The van der Waals surface area contributed by atoms with Gasteiger partial charge in [-0.05, 0) is 31.1 Å². The first-order chi connectivity index (χ1) is 11.9. The summed E-state index contributed by atoms with van der Waals surface area (Å²) in [4.78, 5) is 28.8. The molecule has 1 aliphatic heterocycles.